The van der Waals surface area contributed by atoms with Crippen LogP contribution >= 0.6 is 11.6 Å². The van der Waals surface area contributed by atoms with Gasteiger partial charge in [0.15, 0.2) is 0 Å². The maximum atomic E-state index is 8.68. The number of aromatic nitrogens is 1. The van der Waals surface area contributed by atoms with E-state index in [-0.39, 0.29) is 0 Å². The van der Waals surface area contributed by atoms with Crippen LogP contribution in [-0.4, -0.2) is 4.98 Å². The molecule has 1 aromatic carbocycles. The van der Waals surface area contributed by atoms with Gasteiger partial charge in [-0.1, -0.05) is 24.6 Å². The van der Waals surface area contributed by atoms with Gasteiger partial charge in [0, 0.05) is 10.9 Å². The van der Waals surface area contributed by atoms with E-state index in [0.29, 0.717) is 11.6 Å². The quantitative estimate of drug-likeness (QED) is 0.741. The number of halogens is 1. The van der Waals surface area contributed by atoms with Gasteiger partial charge in [0.2, 0.25) is 0 Å². The number of hydrogen-bond acceptors (Lipinski definition) is 2. The van der Waals surface area contributed by atoms with Crippen molar-refractivity contribution in [3.05, 3.63) is 40.5 Å². The second-order valence-corrected chi connectivity index (χ2v) is 4.01. The minimum atomic E-state index is 0.304. The molecule has 0 bridgehead atoms. The molecule has 0 N–H and O–H groups in total. The maximum Gasteiger partial charge on any atom is 0.134 e. The molecule has 0 aliphatic heterocycles. The Balaban J connectivity index is 2.62. The van der Waals surface area contributed by atoms with E-state index in [1.54, 1.807) is 0 Å². The highest BCUT2D eigenvalue weighted by Crippen LogP contribution is 2.22. The van der Waals surface area contributed by atoms with Crippen LogP contribution in [0.1, 0.15) is 18.1 Å². The van der Waals surface area contributed by atoms with E-state index in [0.717, 1.165) is 22.9 Å². The molecular formula is C13H11ClN2. The van der Waals surface area contributed by atoms with Crippen molar-refractivity contribution in [1.29, 1.82) is 5.26 Å². The summed E-state index contributed by atoms with van der Waals surface area (Å²) in [5.41, 5.74) is 2.94. The largest absolute Gasteiger partial charge is 0.236 e. The Bertz CT molecular complexity index is 570. The van der Waals surface area contributed by atoms with Gasteiger partial charge in [-0.25, -0.2) is 4.98 Å². The first-order chi connectivity index (χ1) is 7.74. The maximum absolute atomic E-state index is 8.68. The third kappa shape index (κ3) is 2.00. The lowest BCUT2D eigenvalue weighted by Crippen LogP contribution is -1.90. The first kappa shape index (κ1) is 10.9. The smallest absolute Gasteiger partial charge is 0.134 e. The van der Waals surface area contributed by atoms with Gasteiger partial charge in [0.25, 0.3) is 0 Å². The van der Waals surface area contributed by atoms with Crippen molar-refractivity contribution in [2.24, 2.45) is 0 Å². The van der Waals surface area contributed by atoms with Crippen LogP contribution in [0.25, 0.3) is 10.9 Å². The van der Waals surface area contributed by atoms with Gasteiger partial charge >= 0.3 is 0 Å². The second kappa shape index (κ2) is 4.51. The number of rotatable bonds is 2. The molecule has 0 amide bonds. The van der Waals surface area contributed by atoms with Crippen molar-refractivity contribution in [3.63, 3.8) is 0 Å². The summed E-state index contributed by atoms with van der Waals surface area (Å²) < 4.78 is 0. The van der Waals surface area contributed by atoms with E-state index in [9.17, 15) is 0 Å². The molecule has 0 saturated carbocycles. The number of hydrogen-bond donors (Lipinski definition) is 0. The topological polar surface area (TPSA) is 36.7 Å². The number of aryl methyl sites for hydroxylation is 1. The highest BCUT2D eigenvalue weighted by Gasteiger charge is 2.04. The first-order valence-electron chi connectivity index (χ1n) is 5.19. The van der Waals surface area contributed by atoms with Gasteiger partial charge in [-0.3, -0.25) is 0 Å². The van der Waals surface area contributed by atoms with Crippen molar-refractivity contribution in [3.8, 4) is 6.07 Å². The molecule has 2 rings (SSSR count). The molecule has 1 aromatic heterocycles. The summed E-state index contributed by atoms with van der Waals surface area (Å²) in [7, 11) is 0. The summed E-state index contributed by atoms with van der Waals surface area (Å²) in [6.45, 7) is 2.11. The third-order valence-corrected chi connectivity index (χ3v) is 2.91. The number of nitrogens with zero attached hydrogens (tertiary/aromatic N) is 2. The molecule has 0 aliphatic rings. The summed E-state index contributed by atoms with van der Waals surface area (Å²) in [5.74, 6) is 0. The van der Waals surface area contributed by atoms with E-state index in [2.05, 4.69) is 30.1 Å². The molecule has 16 heavy (non-hydrogen) atoms. The number of benzene rings is 1. The van der Waals surface area contributed by atoms with Crippen LogP contribution in [0.3, 0.4) is 0 Å². The molecule has 0 unspecified atom stereocenters. The van der Waals surface area contributed by atoms with E-state index in [4.69, 9.17) is 16.9 Å². The van der Waals surface area contributed by atoms with Crippen LogP contribution < -0.4 is 0 Å². The Labute approximate surface area is 99.5 Å². The molecule has 0 saturated heterocycles. The molecule has 80 valence electrons. The molecule has 0 spiro atoms. The van der Waals surface area contributed by atoms with Crippen molar-refractivity contribution >= 4 is 22.5 Å². The van der Waals surface area contributed by atoms with Crippen LogP contribution in [0.4, 0.5) is 0 Å². The van der Waals surface area contributed by atoms with Crippen LogP contribution in [0.15, 0.2) is 24.3 Å². The molecule has 1 heterocycles. The van der Waals surface area contributed by atoms with Gasteiger partial charge in [0.05, 0.1) is 18.0 Å². The van der Waals surface area contributed by atoms with E-state index in [1.807, 2.05) is 12.1 Å². The molecule has 2 aromatic rings. The summed E-state index contributed by atoms with van der Waals surface area (Å²) in [6.07, 6.45) is 1.30. The Morgan fingerprint density at radius 3 is 2.88 bits per heavy atom. The zero-order valence-electron chi connectivity index (χ0n) is 9.00. The first-order valence-corrected chi connectivity index (χ1v) is 5.57. The lowest BCUT2D eigenvalue weighted by Gasteiger charge is -2.04. The van der Waals surface area contributed by atoms with Crippen molar-refractivity contribution in [2.45, 2.75) is 19.8 Å². The molecule has 2 nitrogen and oxygen atoms in total. The molecule has 0 fully saturated rings. The van der Waals surface area contributed by atoms with Crippen molar-refractivity contribution in [2.75, 3.05) is 0 Å². The number of fused-ring (bicyclic) bond motifs is 1. The van der Waals surface area contributed by atoms with E-state index in [1.165, 1.54) is 5.56 Å². The summed E-state index contributed by atoms with van der Waals surface area (Å²) in [5, 5.41) is 10.2. The molecule has 0 aliphatic carbocycles. The number of pyridine rings is 1. The lowest BCUT2D eigenvalue weighted by atomic mass is 10.1. The highest BCUT2D eigenvalue weighted by molar-refractivity contribution is 6.30. The fourth-order valence-electron chi connectivity index (χ4n) is 1.68. The van der Waals surface area contributed by atoms with Crippen molar-refractivity contribution in [1.82, 2.24) is 4.98 Å². The molecule has 0 atom stereocenters. The zero-order chi connectivity index (χ0) is 11.5. The molecule has 3 heteroatoms. The Kier molecular flexibility index (Phi) is 3.07. The Hall–Kier alpha value is -1.59. The zero-order valence-corrected chi connectivity index (χ0v) is 9.75. The van der Waals surface area contributed by atoms with Crippen molar-refractivity contribution < 1.29 is 0 Å². The minimum Gasteiger partial charge on any atom is -0.236 e. The summed E-state index contributed by atoms with van der Waals surface area (Å²) >= 11 is 5.99. The van der Waals surface area contributed by atoms with E-state index < -0.39 is 0 Å². The van der Waals surface area contributed by atoms with Gasteiger partial charge in [0.1, 0.15) is 5.15 Å². The fourth-order valence-corrected chi connectivity index (χ4v) is 1.89. The van der Waals surface area contributed by atoms with Crippen LogP contribution in [0.2, 0.25) is 5.15 Å². The average Bonchev–Trinajstić information content (AvgIpc) is 2.30. The summed E-state index contributed by atoms with van der Waals surface area (Å²) in [4.78, 5) is 4.28. The van der Waals surface area contributed by atoms with E-state index >= 15 is 0 Å². The Morgan fingerprint density at radius 1 is 1.38 bits per heavy atom. The predicted octanol–water partition coefficient (Wildman–Crippen LogP) is 3.52. The molecular weight excluding hydrogens is 220 g/mol. The minimum absolute atomic E-state index is 0.304. The predicted molar refractivity (Wildman–Crippen MR) is 65.4 cm³/mol. The normalized spacial score (nSPS) is 10.3. The highest BCUT2D eigenvalue weighted by atomic mass is 35.5. The standard InChI is InChI=1S/C13H11ClN2/c1-2-9-3-4-12-11(7-9)8-10(5-6-15)13(14)16-12/h3-4,7-8H,2,5H2,1H3. The van der Waals surface area contributed by atoms with Crippen LogP contribution in [-0.2, 0) is 12.8 Å². The second-order valence-electron chi connectivity index (χ2n) is 3.65. The van der Waals surface area contributed by atoms with Gasteiger partial charge < -0.3 is 0 Å². The SMILES string of the molecule is CCc1ccc2nc(Cl)c(CC#N)cc2c1. The van der Waals surface area contributed by atoms with Gasteiger partial charge in [-0.2, -0.15) is 5.26 Å². The van der Waals surface area contributed by atoms with Crippen LogP contribution in [0.5, 0.6) is 0 Å². The van der Waals surface area contributed by atoms with Crippen LogP contribution in [0, 0.1) is 11.3 Å². The third-order valence-electron chi connectivity index (χ3n) is 2.58. The summed E-state index contributed by atoms with van der Waals surface area (Å²) in [6, 6.07) is 10.2. The fraction of sp³-hybridized carbons (Fsp3) is 0.231. The Morgan fingerprint density at radius 2 is 2.19 bits per heavy atom. The average molecular weight is 231 g/mol. The lowest BCUT2D eigenvalue weighted by molar-refractivity contribution is 1.14. The number of nitriles is 1. The molecule has 0 radical (unpaired) electrons. The monoisotopic (exact) mass is 230 g/mol. The van der Waals surface area contributed by atoms with Gasteiger partial charge in [-0.15, -0.1) is 0 Å². The van der Waals surface area contributed by atoms with Gasteiger partial charge in [-0.05, 0) is 30.2 Å².